The van der Waals surface area contributed by atoms with E-state index < -0.39 is 0 Å². The molecule has 0 amide bonds. The summed E-state index contributed by atoms with van der Waals surface area (Å²) in [5.74, 6) is 0.737. The molecule has 0 aliphatic carbocycles. The second-order valence-corrected chi connectivity index (χ2v) is 6.04. The Kier molecular flexibility index (Phi) is 5.61. The summed E-state index contributed by atoms with van der Waals surface area (Å²) in [6.45, 7) is 0. The highest BCUT2D eigenvalue weighted by Crippen LogP contribution is 2.30. The molecule has 0 bridgehead atoms. The Balaban J connectivity index is 2.29. The molecule has 0 spiro atoms. The lowest BCUT2D eigenvalue weighted by Gasteiger charge is -2.17. The van der Waals surface area contributed by atoms with Crippen LogP contribution in [0, 0.1) is 5.82 Å². The van der Waals surface area contributed by atoms with Crippen LogP contribution in [0.25, 0.3) is 0 Å². The predicted molar refractivity (Wildman–Crippen MR) is 87.3 cm³/mol. The van der Waals surface area contributed by atoms with Crippen LogP contribution in [0.1, 0.15) is 17.0 Å². The molecule has 0 radical (unpaired) electrons. The van der Waals surface area contributed by atoms with Gasteiger partial charge in [0, 0.05) is 15.7 Å². The van der Waals surface area contributed by atoms with Crippen LogP contribution in [-0.2, 0) is 6.42 Å². The largest absolute Gasteiger partial charge is 0.497 e. The van der Waals surface area contributed by atoms with E-state index in [4.69, 9.17) is 4.74 Å². The fourth-order valence-electron chi connectivity index (χ4n) is 2.15. The van der Waals surface area contributed by atoms with Crippen molar-refractivity contribution >= 4 is 31.9 Å². The Labute approximate surface area is 135 Å². The highest BCUT2D eigenvalue weighted by Gasteiger charge is 2.16. The summed E-state index contributed by atoms with van der Waals surface area (Å²) in [6.07, 6.45) is 0.740. The minimum atomic E-state index is -0.157. The zero-order valence-corrected chi connectivity index (χ0v) is 14.2. The van der Waals surface area contributed by atoms with Gasteiger partial charge >= 0.3 is 0 Å². The number of hydrogen-bond donors (Lipinski definition) is 0. The van der Waals surface area contributed by atoms with Crippen LogP contribution >= 0.6 is 31.9 Å². The van der Waals surface area contributed by atoms with E-state index in [1.165, 1.54) is 6.07 Å². The van der Waals surface area contributed by atoms with Crippen molar-refractivity contribution in [2.24, 2.45) is 0 Å². The molecule has 2 aromatic carbocycles. The van der Waals surface area contributed by atoms with Crippen LogP contribution in [-0.4, -0.2) is 12.4 Å². The van der Waals surface area contributed by atoms with E-state index in [2.05, 4.69) is 31.9 Å². The van der Waals surface area contributed by atoms with E-state index in [1.54, 1.807) is 13.2 Å². The van der Waals surface area contributed by atoms with Gasteiger partial charge < -0.3 is 4.74 Å². The molecule has 0 fully saturated rings. The summed E-state index contributed by atoms with van der Waals surface area (Å²) in [5, 5.41) is 0.706. The lowest BCUT2D eigenvalue weighted by molar-refractivity contribution is 0.414. The lowest BCUT2D eigenvalue weighted by atomic mass is 9.93. The zero-order valence-electron chi connectivity index (χ0n) is 11.1. The molecule has 2 aromatic rings. The number of ether oxygens (including phenoxy) is 1. The number of alkyl halides is 1. The fraction of sp³-hybridized carbons (Fsp3) is 0.250. The third kappa shape index (κ3) is 3.61. The van der Waals surface area contributed by atoms with Gasteiger partial charge in [0.1, 0.15) is 11.6 Å². The number of halogens is 3. The van der Waals surface area contributed by atoms with Crippen LogP contribution in [0.15, 0.2) is 46.9 Å². The quantitative estimate of drug-likeness (QED) is 0.616. The molecule has 0 aliphatic heterocycles. The lowest BCUT2D eigenvalue weighted by Crippen LogP contribution is -2.07. The van der Waals surface area contributed by atoms with Gasteiger partial charge in [-0.05, 0) is 41.8 Å². The van der Waals surface area contributed by atoms with Gasteiger partial charge in [-0.2, -0.15) is 0 Å². The van der Waals surface area contributed by atoms with Gasteiger partial charge in [-0.1, -0.05) is 50.1 Å². The second kappa shape index (κ2) is 7.23. The summed E-state index contributed by atoms with van der Waals surface area (Å²) in [5.41, 5.74) is 1.84. The monoisotopic (exact) mass is 400 g/mol. The molecule has 1 atom stereocenters. The fourth-order valence-corrected chi connectivity index (χ4v) is 3.14. The van der Waals surface area contributed by atoms with E-state index in [1.807, 2.05) is 30.3 Å². The normalized spacial score (nSPS) is 12.2. The van der Waals surface area contributed by atoms with Crippen molar-refractivity contribution in [3.63, 3.8) is 0 Å². The number of methoxy groups -OCH3 is 1. The molecule has 20 heavy (non-hydrogen) atoms. The van der Waals surface area contributed by atoms with Gasteiger partial charge in [0.05, 0.1) is 7.11 Å². The summed E-state index contributed by atoms with van der Waals surface area (Å²) in [6, 6.07) is 12.8. The molecule has 0 aliphatic rings. The average Bonchev–Trinajstić information content (AvgIpc) is 2.47. The van der Waals surface area contributed by atoms with Crippen LogP contribution < -0.4 is 4.74 Å². The maximum atomic E-state index is 13.9. The van der Waals surface area contributed by atoms with Crippen molar-refractivity contribution < 1.29 is 9.13 Å². The molecule has 1 unspecified atom stereocenters. The van der Waals surface area contributed by atoms with Gasteiger partial charge in [0.15, 0.2) is 0 Å². The number of rotatable bonds is 5. The molecular formula is C16H15Br2FO. The van der Waals surface area contributed by atoms with Gasteiger partial charge in [0.25, 0.3) is 0 Å². The molecule has 106 valence electrons. The van der Waals surface area contributed by atoms with Crippen molar-refractivity contribution in [1.29, 1.82) is 0 Å². The Hall–Kier alpha value is -0.870. The minimum absolute atomic E-state index is 0.0830. The van der Waals surface area contributed by atoms with Crippen molar-refractivity contribution in [2.75, 3.05) is 12.4 Å². The zero-order chi connectivity index (χ0) is 14.5. The molecule has 4 heteroatoms. The third-order valence-corrected chi connectivity index (χ3v) is 4.81. The van der Waals surface area contributed by atoms with E-state index in [-0.39, 0.29) is 11.7 Å². The van der Waals surface area contributed by atoms with E-state index >= 15 is 0 Å². The molecule has 0 N–H and O–H groups in total. The molecule has 0 saturated heterocycles. The molecule has 0 heterocycles. The molecule has 0 aromatic heterocycles. The smallest absolute Gasteiger partial charge is 0.126 e. The van der Waals surface area contributed by atoms with E-state index in [9.17, 15) is 4.39 Å². The molecular weight excluding hydrogens is 387 g/mol. The molecule has 2 rings (SSSR count). The highest BCUT2D eigenvalue weighted by atomic mass is 79.9. The van der Waals surface area contributed by atoms with E-state index in [0.29, 0.717) is 5.33 Å². The highest BCUT2D eigenvalue weighted by molar-refractivity contribution is 9.10. The summed E-state index contributed by atoms with van der Waals surface area (Å²) >= 11 is 7.03. The first kappa shape index (κ1) is 15.5. The van der Waals surface area contributed by atoms with Crippen molar-refractivity contribution in [2.45, 2.75) is 12.3 Å². The SMILES string of the molecule is COc1ccc(Br)c(CC(CBr)c2ccccc2F)c1. The van der Waals surface area contributed by atoms with Crippen LogP contribution in [0.3, 0.4) is 0 Å². The topological polar surface area (TPSA) is 9.23 Å². The van der Waals surface area contributed by atoms with Gasteiger partial charge in [-0.25, -0.2) is 4.39 Å². The van der Waals surface area contributed by atoms with Crippen molar-refractivity contribution in [3.05, 3.63) is 63.9 Å². The average molecular weight is 402 g/mol. The van der Waals surface area contributed by atoms with E-state index in [0.717, 1.165) is 27.8 Å². The molecule has 0 saturated carbocycles. The van der Waals surface area contributed by atoms with Crippen LogP contribution in [0.5, 0.6) is 5.75 Å². The summed E-state index contributed by atoms with van der Waals surface area (Å²) in [4.78, 5) is 0. The Bertz CT molecular complexity index is 586. The van der Waals surface area contributed by atoms with Crippen molar-refractivity contribution in [1.82, 2.24) is 0 Å². The predicted octanol–water partition coefficient (Wildman–Crippen LogP) is 5.32. The second-order valence-electron chi connectivity index (χ2n) is 4.53. The Morgan fingerprint density at radius 3 is 2.60 bits per heavy atom. The first-order chi connectivity index (χ1) is 9.65. The van der Waals surface area contributed by atoms with Gasteiger partial charge in [0.2, 0.25) is 0 Å². The summed E-state index contributed by atoms with van der Waals surface area (Å²) < 4.78 is 20.2. The number of hydrogen-bond acceptors (Lipinski definition) is 1. The first-order valence-electron chi connectivity index (χ1n) is 6.28. The minimum Gasteiger partial charge on any atom is -0.497 e. The summed E-state index contributed by atoms with van der Waals surface area (Å²) in [7, 11) is 1.64. The Morgan fingerprint density at radius 2 is 1.95 bits per heavy atom. The van der Waals surface area contributed by atoms with Crippen LogP contribution in [0.4, 0.5) is 4.39 Å². The number of benzene rings is 2. The Morgan fingerprint density at radius 1 is 1.20 bits per heavy atom. The maximum absolute atomic E-state index is 13.9. The van der Waals surface area contributed by atoms with Crippen molar-refractivity contribution in [3.8, 4) is 5.75 Å². The maximum Gasteiger partial charge on any atom is 0.126 e. The van der Waals surface area contributed by atoms with Gasteiger partial charge in [-0.15, -0.1) is 0 Å². The first-order valence-corrected chi connectivity index (χ1v) is 8.20. The standard InChI is InChI=1S/C16H15Br2FO/c1-20-13-6-7-15(18)11(9-13)8-12(10-17)14-4-2-3-5-16(14)19/h2-7,9,12H,8,10H2,1H3. The third-order valence-electron chi connectivity index (χ3n) is 3.25. The van der Waals surface area contributed by atoms with Gasteiger partial charge in [-0.3, -0.25) is 0 Å². The van der Waals surface area contributed by atoms with Crippen LogP contribution in [0.2, 0.25) is 0 Å². The molecule has 1 nitrogen and oxygen atoms in total.